The van der Waals surface area contributed by atoms with Crippen LogP contribution in [-0.2, 0) is 6.42 Å². The maximum absolute atomic E-state index is 12.4. The van der Waals surface area contributed by atoms with Crippen LogP contribution >= 0.6 is 0 Å². The molecule has 0 spiro atoms. The molecule has 3 nitrogen and oxygen atoms in total. The van der Waals surface area contributed by atoms with Gasteiger partial charge in [-0.25, -0.2) is 8.78 Å². The van der Waals surface area contributed by atoms with Gasteiger partial charge < -0.3 is 4.74 Å². The highest BCUT2D eigenvalue weighted by molar-refractivity contribution is 5.28. The first-order chi connectivity index (χ1) is 7.17. The zero-order chi connectivity index (χ0) is 11.3. The molecule has 0 saturated carbocycles. The molecule has 0 bridgehead atoms. The number of hydrazine groups is 1. The van der Waals surface area contributed by atoms with Gasteiger partial charge in [0.05, 0.1) is 13.2 Å². The lowest BCUT2D eigenvalue weighted by Crippen LogP contribution is -2.42. The molecule has 1 aromatic carbocycles. The summed E-state index contributed by atoms with van der Waals surface area (Å²) in [4.78, 5) is 0. The molecule has 84 valence electrons. The molecule has 0 aliphatic rings. The number of rotatable bonds is 5. The molecule has 3 N–H and O–H groups in total. The molecule has 0 fully saturated rings. The van der Waals surface area contributed by atoms with E-state index in [1.807, 2.05) is 0 Å². The molecule has 1 atom stereocenters. The normalized spacial score (nSPS) is 12.9. The van der Waals surface area contributed by atoms with Gasteiger partial charge in [0.25, 0.3) is 6.43 Å². The van der Waals surface area contributed by atoms with E-state index in [1.165, 1.54) is 7.11 Å². The molecule has 0 radical (unpaired) electrons. The Hall–Kier alpha value is -1.20. The van der Waals surface area contributed by atoms with Gasteiger partial charge >= 0.3 is 0 Å². The summed E-state index contributed by atoms with van der Waals surface area (Å²) < 4.78 is 29.8. The lowest BCUT2D eigenvalue weighted by atomic mass is 10.1. The molecule has 15 heavy (non-hydrogen) atoms. The fourth-order valence-corrected chi connectivity index (χ4v) is 1.27. The van der Waals surface area contributed by atoms with Crippen molar-refractivity contribution in [3.8, 4) is 5.75 Å². The van der Waals surface area contributed by atoms with Crippen LogP contribution in [0.25, 0.3) is 0 Å². The first-order valence-corrected chi connectivity index (χ1v) is 4.54. The van der Waals surface area contributed by atoms with Crippen molar-refractivity contribution in [3.05, 3.63) is 29.8 Å². The lowest BCUT2D eigenvalue weighted by molar-refractivity contribution is 0.0984. The summed E-state index contributed by atoms with van der Waals surface area (Å²) in [5.74, 6) is 5.68. The highest BCUT2D eigenvalue weighted by Gasteiger charge is 2.18. The summed E-state index contributed by atoms with van der Waals surface area (Å²) in [6.45, 7) is 0. The van der Waals surface area contributed by atoms with Crippen molar-refractivity contribution >= 4 is 0 Å². The number of methoxy groups -OCH3 is 1. The molecule has 5 heteroatoms. The summed E-state index contributed by atoms with van der Waals surface area (Å²) in [6.07, 6.45) is -2.31. The summed E-state index contributed by atoms with van der Waals surface area (Å²) in [5.41, 5.74) is 2.86. The van der Waals surface area contributed by atoms with Crippen molar-refractivity contribution in [1.29, 1.82) is 0 Å². The van der Waals surface area contributed by atoms with Crippen molar-refractivity contribution in [3.63, 3.8) is 0 Å². The van der Waals surface area contributed by atoms with Gasteiger partial charge in [0.1, 0.15) is 5.75 Å². The highest BCUT2D eigenvalue weighted by Crippen LogP contribution is 2.15. The Morgan fingerprint density at radius 1 is 1.47 bits per heavy atom. The van der Waals surface area contributed by atoms with Crippen LogP contribution in [0, 0.1) is 0 Å². The number of halogens is 2. The van der Waals surface area contributed by atoms with E-state index >= 15 is 0 Å². The number of nitrogens with one attached hydrogen (secondary N) is 1. The zero-order valence-corrected chi connectivity index (χ0v) is 8.41. The van der Waals surface area contributed by atoms with Crippen LogP contribution in [0.4, 0.5) is 8.78 Å². The Morgan fingerprint density at radius 2 is 2.20 bits per heavy atom. The second-order valence-corrected chi connectivity index (χ2v) is 3.16. The number of ether oxygens (including phenoxy) is 1. The first-order valence-electron chi connectivity index (χ1n) is 4.54. The minimum Gasteiger partial charge on any atom is -0.497 e. The molecular formula is C10H14F2N2O. The van der Waals surface area contributed by atoms with Gasteiger partial charge in [0.2, 0.25) is 0 Å². The van der Waals surface area contributed by atoms with Gasteiger partial charge in [-0.1, -0.05) is 12.1 Å². The number of hydrogen-bond donors (Lipinski definition) is 2. The van der Waals surface area contributed by atoms with Crippen LogP contribution in [0.5, 0.6) is 5.75 Å². The Morgan fingerprint density at radius 3 is 2.73 bits per heavy atom. The maximum atomic E-state index is 12.4. The molecule has 0 aliphatic carbocycles. The molecule has 1 unspecified atom stereocenters. The number of nitrogens with two attached hydrogens (primary N) is 1. The minimum atomic E-state index is -2.48. The largest absolute Gasteiger partial charge is 0.497 e. The average molecular weight is 216 g/mol. The van der Waals surface area contributed by atoms with Crippen LogP contribution in [0.1, 0.15) is 5.56 Å². The van der Waals surface area contributed by atoms with Crippen LogP contribution in [0.2, 0.25) is 0 Å². The van der Waals surface area contributed by atoms with Crippen LogP contribution in [0.3, 0.4) is 0 Å². The van der Waals surface area contributed by atoms with E-state index in [9.17, 15) is 8.78 Å². The molecule has 1 rings (SSSR count). The van der Waals surface area contributed by atoms with Gasteiger partial charge in [-0.2, -0.15) is 0 Å². The summed E-state index contributed by atoms with van der Waals surface area (Å²) in [6, 6.07) is 5.96. The third kappa shape index (κ3) is 3.45. The smallest absolute Gasteiger partial charge is 0.255 e. The Kier molecular flexibility index (Phi) is 4.45. The van der Waals surface area contributed by atoms with Crippen molar-refractivity contribution in [1.82, 2.24) is 5.43 Å². The van der Waals surface area contributed by atoms with Crippen molar-refractivity contribution in [2.75, 3.05) is 7.11 Å². The average Bonchev–Trinajstić information content (AvgIpc) is 2.25. The third-order valence-electron chi connectivity index (χ3n) is 2.11. The van der Waals surface area contributed by atoms with Gasteiger partial charge in [0, 0.05) is 0 Å². The van der Waals surface area contributed by atoms with Gasteiger partial charge in [-0.05, 0) is 24.1 Å². The second-order valence-electron chi connectivity index (χ2n) is 3.16. The molecule has 0 aromatic heterocycles. The molecule has 0 aliphatic heterocycles. The summed E-state index contributed by atoms with van der Waals surface area (Å²) >= 11 is 0. The van der Waals surface area contributed by atoms with E-state index in [4.69, 9.17) is 10.6 Å². The van der Waals surface area contributed by atoms with E-state index in [1.54, 1.807) is 24.3 Å². The standard InChI is InChI=1S/C10H14F2N2O/c1-15-8-4-2-3-7(5-8)6-9(14-13)10(11)12/h2-5,9-10,14H,6,13H2,1H3. The zero-order valence-electron chi connectivity index (χ0n) is 8.41. The maximum Gasteiger partial charge on any atom is 0.255 e. The van der Waals surface area contributed by atoms with Crippen LogP contribution < -0.4 is 16.0 Å². The topological polar surface area (TPSA) is 47.3 Å². The van der Waals surface area contributed by atoms with Gasteiger partial charge in [0.15, 0.2) is 0 Å². The van der Waals surface area contributed by atoms with Gasteiger partial charge in [-0.15, -0.1) is 0 Å². The Labute approximate surface area is 87.2 Å². The molecular weight excluding hydrogens is 202 g/mol. The van der Waals surface area contributed by atoms with Crippen molar-refractivity contribution in [2.45, 2.75) is 18.9 Å². The Balaban J connectivity index is 2.70. The number of alkyl halides is 2. The number of hydrogen-bond acceptors (Lipinski definition) is 3. The quantitative estimate of drug-likeness (QED) is 0.576. The molecule has 0 amide bonds. The first kappa shape index (κ1) is 11.9. The predicted molar refractivity (Wildman–Crippen MR) is 53.8 cm³/mol. The molecule has 0 heterocycles. The van der Waals surface area contributed by atoms with Crippen molar-refractivity contribution in [2.24, 2.45) is 5.84 Å². The fourth-order valence-electron chi connectivity index (χ4n) is 1.27. The van der Waals surface area contributed by atoms with Crippen LogP contribution in [0.15, 0.2) is 24.3 Å². The minimum absolute atomic E-state index is 0.172. The second kappa shape index (κ2) is 5.63. The predicted octanol–water partition coefficient (Wildman–Crippen LogP) is 1.33. The monoisotopic (exact) mass is 216 g/mol. The summed E-state index contributed by atoms with van der Waals surface area (Å²) in [5, 5.41) is 0. The Bertz CT molecular complexity index is 307. The summed E-state index contributed by atoms with van der Waals surface area (Å²) in [7, 11) is 1.53. The SMILES string of the molecule is COc1cccc(CC(NN)C(F)F)c1. The lowest BCUT2D eigenvalue weighted by Gasteiger charge is -2.14. The van der Waals surface area contributed by atoms with E-state index in [2.05, 4.69) is 5.43 Å². The van der Waals surface area contributed by atoms with E-state index < -0.39 is 12.5 Å². The van der Waals surface area contributed by atoms with Gasteiger partial charge in [-0.3, -0.25) is 11.3 Å². The van der Waals surface area contributed by atoms with E-state index in [0.29, 0.717) is 5.75 Å². The third-order valence-corrected chi connectivity index (χ3v) is 2.11. The number of benzene rings is 1. The molecule has 1 aromatic rings. The highest BCUT2D eigenvalue weighted by atomic mass is 19.3. The van der Waals surface area contributed by atoms with E-state index in [-0.39, 0.29) is 6.42 Å². The van der Waals surface area contributed by atoms with Crippen molar-refractivity contribution < 1.29 is 13.5 Å². The van der Waals surface area contributed by atoms with E-state index in [0.717, 1.165) is 5.56 Å². The van der Waals surface area contributed by atoms with Crippen LogP contribution in [-0.4, -0.2) is 19.6 Å². The fraction of sp³-hybridized carbons (Fsp3) is 0.400. The molecule has 0 saturated heterocycles.